The summed E-state index contributed by atoms with van der Waals surface area (Å²) in [5.41, 5.74) is 1.44. The normalized spacial score (nSPS) is 19.0. The molecular formula is C18H25N3OS2. The molecule has 130 valence electrons. The molecule has 0 atom stereocenters. The fraction of sp³-hybridized carbons (Fsp3) is 0.667. The van der Waals surface area contributed by atoms with Gasteiger partial charge in [-0.1, -0.05) is 0 Å². The van der Waals surface area contributed by atoms with Gasteiger partial charge in [-0.3, -0.25) is 9.36 Å². The summed E-state index contributed by atoms with van der Waals surface area (Å²) in [6, 6.07) is 0.559. The van der Waals surface area contributed by atoms with Gasteiger partial charge in [-0.25, -0.2) is 4.98 Å². The van der Waals surface area contributed by atoms with Crippen LogP contribution in [-0.2, 0) is 12.8 Å². The zero-order chi connectivity index (χ0) is 16.7. The molecule has 2 aliphatic rings. The summed E-state index contributed by atoms with van der Waals surface area (Å²) < 4.78 is 1.88. The molecule has 1 aliphatic carbocycles. The smallest absolute Gasteiger partial charge is 0.264 e. The quantitative estimate of drug-likeness (QED) is 0.887. The van der Waals surface area contributed by atoms with E-state index in [0.29, 0.717) is 6.04 Å². The van der Waals surface area contributed by atoms with Gasteiger partial charge in [0.15, 0.2) is 0 Å². The second kappa shape index (κ2) is 6.71. The zero-order valence-electron chi connectivity index (χ0n) is 14.4. The maximum Gasteiger partial charge on any atom is 0.264 e. The Labute approximate surface area is 151 Å². The van der Waals surface area contributed by atoms with Gasteiger partial charge in [0.05, 0.1) is 5.39 Å². The Morgan fingerprint density at radius 3 is 2.71 bits per heavy atom. The number of anilines is 1. The third-order valence-corrected chi connectivity index (χ3v) is 7.33. The second-order valence-corrected chi connectivity index (χ2v) is 9.43. The van der Waals surface area contributed by atoms with Crippen molar-refractivity contribution in [1.82, 2.24) is 9.55 Å². The first-order valence-electron chi connectivity index (χ1n) is 9.06. The molecule has 4 rings (SSSR count). The molecule has 1 N–H and O–H groups in total. The summed E-state index contributed by atoms with van der Waals surface area (Å²) in [4.78, 5) is 20.5. The van der Waals surface area contributed by atoms with E-state index >= 15 is 0 Å². The second-order valence-electron chi connectivity index (χ2n) is 7.13. The van der Waals surface area contributed by atoms with Crippen LogP contribution >= 0.6 is 23.1 Å². The predicted molar refractivity (Wildman–Crippen MR) is 105 cm³/mol. The number of hydrogen-bond acceptors (Lipinski definition) is 5. The summed E-state index contributed by atoms with van der Waals surface area (Å²) in [7, 11) is 0. The van der Waals surface area contributed by atoms with E-state index in [9.17, 15) is 4.79 Å². The number of rotatable bonds is 3. The highest BCUT2D eigenvalue weighted by atomic mass is 32.2. The van der Waals surface area contributed by atoms with Crippen LogP contribution < -0.4 is 10.9 Å². The molecule has 0 bridgehead atoms. The van der Waals surface area contributed by atoms with E-state index in [1.54, 1.807) is 11.3 Å². The molecule has 4 nitrogen and oxygen atoms in total. The molecule has 24 heavy (non-hydrogen) atoms. The summed E-state index contributed by atoms with van der Waals surface area (Å²) in [5, 5.41) is 4.49. The Morgan fingerprint density at radius 1 is 1.21 bits per heavy atom. The molecule has 2 aromatic rings. The number of hydrogen-bond donors (Lipinski definition) is 1. The van der Waals surface area contributed by atoms with Gasteiger partial charge >= 0.3 is 0 Å². The molecule has 1 aliphatic heterocycles. The van der Waals surface area contributed by atoms with Crippen molar-refractivity contribution in [2.75, 3.05) is 16.8 Å². The van der Waals surface area contributed by atoms with Gasteiger partial charge in [0, 0.05) is 17.0 Å². The number of fused-ring (bicyclic) bond motifs is 3. The summed E-state index contributed by atoms with van der Waals surface area (Å²) in [6.45, 7) is 4.16. The third kappa shape index (κ3) is 2.88. The first-order valence-corrected chi connectivity index (χ1v) is 11.0. The predicted octanol–water partition coefficient (Wildman–Crippen LogP) is 4.23. The van der Waals surface area contributed by atoms with Crippen LogP contribution in [0.1, 0.15) is 56.0 Å². The van der Waals surface area contributed by atoms with Gasteiger partial charge in [-0.2, -0.15) is 11.8 Å². The summed E-state index contributed by atoms with van der Waals surface area (Å²) >= 11 is 3.76. The highest BCUT2D eigenvalue weighted by Gasteiger charge is 2.24. The van der Waals surface area contributed by atoms with E-state index in [4.69, 9.17) is 4.98 Å². The van der Waals surface area contributed by atoms with Crippen LogP contribution in [0.15, 0.2) is 4.79 Å². The summed E-state index contributed by atoms with van der Waals surface area (Å²) in [6.07, 6.45) is 6.88. The van der Waals surface area contributed by atoms with E-state index in [2.05, 4.69) is 19.2 Å². The lowest BCUT2D eigenvalue weighted by Crippen LogP contribution is -2.32. The van der Waals surface area contributed by atoms with Gasteiger partial charge in [0.1, 0.15) is 4.83 Å². The maximum absolute atomic E-state index is 13.3. The fourth-order valence-corrected chi connectivity index (χ4v) is 6.18. The Morgan fingerprint density at radius 2 is 1.96 bits per heavy atom. The molecule has 0 amide bonds. The van der Waals surface area contributed by atoms with Crippen LogP contribution in [0.5, 0.6) is 0 Å². The van der Waals surface area contributed by atoms with Crippen molar-refractivity contribution < 1.29 is 0 Å². The minimum Gasteiger partial charge on any atom is -0.353 e. The molecule has 1 saturated heterocycles. The van der Waals surface area contributed by atoms with Gasteiger partial charge in [0.2, 0.25) is 5.95 Å². The van der Waals surface area contributed by atoms with Gasteiger partial charge in [0.25, 0.3) is 5.56 Å². The zero-order valence-corrected chi connectivity index (χ0v) is 16.1. The number of thiophene rings is 1. The van der Waals surface area contributed by atoms with Crippen LogP contribution in [0.2, 0.25) is 0 Å². The van der Waals surface area contributed by atoms with E-state index in [1.165, 1.54) is 34.8 Å². The molecule has 0 radical (unpaired) electrons. The van der Waals surface area contributed by atoms with Crippen LogP contribution in [0.3, 0.4) is 0 Å². The van der Waals surface area contributed by atoms with Crippen LogP contribution in [0, 0.1) is 0 Å². The first kappa shape index (κ1) is 16.5. The number of thioether (sulfide) groups is 1. The van der Waals surface area contributed by atoms with Crippen molar-refractivity contribution in [3.63, 3.8) is 0 Å². The lowest BCUT2D eigenvalue weighted by Gasteiger charge is -2.25. The van der Waals surface area contributed by atoms with Crippen molar-refractivity contribution in [2.24, 2.45) is 0 Å². The van der Waals surface area contributed by atoms with Crippen LogP contribution in [0.25, 0.3) is 10.2 Å². The molecule has 1 fully saturated rings. The number of aryl methyl sites for hydroxylation is 2. The topological polar surface area (TPSA) is 46.9 Å². The maximum atomic E-state index is 13.3. The van der Waals surface area contributed by atoms with E-state index < -0.39 is 0 Å². The van der Waals surface area contributed by atoms with Crippen molar-refractivity contribution in [3.05, 3.63) is 20.8 Å². The highest BCUT2D eigenvalue weighted by Crippen LogP contribution is 2.35. The van der Waals surface area contributed by atoms with Crippen molar-refractivity contribution in [3.8, 4) is 0 Å². The van der Waals surface area contributed by atoms with Gasteiger partial charge < -0.3 is 5.32 Å². The van der Waals surface area contributed by atoms with Crippen LogP contribution in [-0.4, -0.2) is 27.1 Å². The van der Waals surface area contributed by atoms with Crippen LogP contribution in [0.4, 0.5) is 5.95 Å². The van der Waals surface area contributed by atoms with Crippen molar-refractivity contribution >= 4 is 39.3 Å². The SMILES string of the molecule is CC(C)n1c(NC2CCSCC2)nc2sc3c(c2c1=O)CCCC3. The molecular weight excluding hydrogens is 338 g/mol. The Kier molecular flexibility index (Phi) is 4.60. The number of nitrogens with zero attached hydrogens (tertiary/aromatic N) is 2. The number of aromatic nitrogens is 2. The molecule has 2 aromatic heterocycles. The summed E-state index contributed by atoms with van der Waals surface area (Å²) in [5.74, 6) is 3.16. The fourth-order valence-electron chi connectivity index (χ4n) is 3.82. The van der Waals surface area contributed by atoms with Crippen molar-refractivity contribution in [2.45, 2.75) is 64.5 Å². The molecule has 0 spiro atoms. The monoisotopic (exact) mass is 363 g/mol. The lowest BCUT2D eigenvalue weighted by atomic mass is 9.97. The largest absolute Gasteiger partial charge is 0.353 e. The Balaban J connectivity index is 1.83. The Bertz CT molecular complexity index is 803. The lowest BCUT2D eigenvalue weighted by molar-refractivity contribution is 0.565. The first-order chi connectivity index (χ1) is 11.6. The van der Waals surface area contributed by atoms with Gasteiger partial charge in [-0.05, 0) is 69.4 Å². The molecule has 3 heterocycles. The minimum atomic E-state index is 0.119. The molecule has 0 aromatic carbocycles. The van der Waals surface area contributed by atoms with E-state index in [0.717, 1.165) is 41.8 Å². The standard InChI is InChI=1S/C18H25N3OS2/c1-11(2)21-17(22)15-13-5-3-4-6-14(13)24-16(15)20-18(21)19-12-7-9-23-10-8-12/h11-12H,3-10H2,1-2H3,(H,19,20). The van der Waals surface area contributed by atoms with E-state index in [-0.39, 0.29) is 11.6 Å². The van der Waals surface area contributed by atoms with E-state index in [1.807, 2.05) is 16.3 Å². The highest BCUT2D eigenvalue weighted by molar-refractivity contribution is 7.99. The average molecular weight is 364 g/mol. The third-order valence-electron chi connectivity index (χ3n) is 5.09. The Hall–Kier alpha value is -1.01. The van der Waals surface area contributed by atoms with Gasteiger partial charge in [-0.15, -0.1) is 11.3 Å². The molecule has 6 heteroatoms. The van der Waals surface area contributed by atoms with Crippen molar-refractivity contribution in [1.29, 1.82) is 0 Å². The molecule has 0 unspecified atom stereocenters. The minimum absolute atomic E-state index is 0.119. The molecule has 0 saturated carbocycles. The number of nitrogens with one attached hydrogen (secondary N) is 1. The average Bonchev–Trinajstić information content (AvgIpc) is 2.94.